The Morgan fingerprint density at radius 1 is 1.32 bits per heavy atom. The molecule has 0 heterocycles. The van der Waals surface area contributed by atoms with E-state index >= 15 is 0 Å². The topological polar surface area (TPSA) is 38.7 Å². The summed E-state index contributed by atoms with van der Waals surface area (Å²) in [6.07, 6.45) is 6.26. The van der Waals surface area contributed by atoms with Crippen molar-refractivity contribution in [3.8, 4) is 11.5 Å². The summed E-state index contributed by atoms with van der Waals surface area (Å²) in [5.74, 6) is 1.47. The standard InChI is InChI=1S/C16H20O3/c1-4-16(17)10-6-5-7-14(16)13-11-12(18-2)8-9-15(13)19-3/h4,7-9,11,17H,1,5-6,10H2,2-3H3. The van der Waals surface area contributed by atoms with Crippen molar-refractivity contribution in [1.82, 2.24) is 0 Å². The number of hydrogen-bond donors (Lipinski definition) is 1. The highest BCUT2D eigenvalue weighted by Crippen LogP contribution is 2.41. The predicted molar refractivity (Wildman–Crippen MR) is 76.5 cm³/mol. The van der Waals surface area contributed by atoms with Crippen LogP contribution in [0.4, 0.5) is 0 Å². The maximum Gasteiger partial charge on any atom is 0.126 e. The molecule has 0 saturated heterocycles. The Hall–Kier alpha value is -1.74. The summed E-state index contributed by atoms with van der Waals surface area (Å²) in [5, 5.41) is 10.7. The van der Waals surface area contributed by atoms with Crippen molar-refractivity contribution in [2.75, 3.05) is 14.2 Å². The Labute approximate surface area is 114 Å². The maximum atomic E-state index is 10.7. The molecule has 3 nitrogen and oxygen atoms in total. The van der Waals surface area contributed by atoms with E-state index in [-0.39, 0.29) is 0 Å². The van der Waals surface area contributed by atoms with Gasteiger partial charge in [0.2, 0.25) is 0 Å². The fraction of sp³-hybridized carbons (Fsp3) is 0.375. The van der Waals surface area contributed by atoms with Gasteiger partial charge in [-0.05, 0) is 43.0 Å². The molecule has 1 unspecified atom stereocenters. The van der Waals surface area contributed by atoms with E-state index in [1.54, 1.807) is 20.3 Å². The third-order valence-electron chi connectivity index (χ3n) is 3.61. The normalized spacial score (nSPS) is 22.6. The molecule has 0 saturated carbocycles. The molecule has 1 N–H and O–H groups in total. The molecule has 0 bridgehead atoms. The Kier molecular flexibility index (Phi) is 3.96. The van der Waals surface area contributed by atoms with Crippen LogP contribution in [0.5, 0.6) is 11.5 Å². The fourth-order valence-electron chi connectivity index (χ4n) is 2.51. The summed E-state index contributed by atoms with van der Waals surface area (Å²) in [6.45, 7) is 3.77. The van der Waals surface area contributed by atoms with Gasteiger partial charge in [-0.15, -0.1) is 0 Å². The second-order valence-corrected chi connectivity index (χ2v) is 4.70. The van der Waals surface area contributed by atoms with E-state index in [1.807, 2.05) is 18.2 Å². The number of benzene rings is 1. The first-order chi connectivity index (χ1) is 9.14. The van der Waals surface area contributed by atoms with E-state index in [2.05, 4.69) is 12.7 Å². The lowest BCUT2D eigenvalue weighted by Crippen LogP contribution is -2.29. The third-order valence-corrected chi connectivity index (χ3v) is 3.61. The highest BCUT2D eigenvalue weighted by molar-refractivity contribution is 5.79. The van der Waals surface area contributed by atoms with Crippen LogP contribution in [0.3, 0.4) is 0 Å². The molecule has 1 aromatic rings. The van der Waals surface area contributed by atoms with Crippen molar-refractivity contribution in [2.24, 2.45) is 0 Å². The van der Waals surface area contributed by atoms with Crippen molar-refractivity contribution in [3.05, 3.63) is 42.5 Å². The molecule has 0 spiro atoms. The van der Waals surface area contributed by atoms with Crippen LogP contribution in [0, 0.1) is 0 Å². The average Bonchev–Trinajstić information content (AvgIpc) is 2.47. The van der Waals surface area contributed by atoms with Gasteiger partial charge in [0, 0.05) is 5.56 Å². The minimum absolute atomic E-state index is 0.683. The second kappa shape index (κ2) is 5.49. The van der Waals surface area contributed by atoms with Crippen molar-refractivity contribution < 1.29 is 14.6 Å². The van der Waals surface area contributed by atoms with Crippen LogP contribution in [0.15, 0.2) is 36.9 Å². The molecule has 3 heteroatoms. The van der Waals surface area contributed by atoms with Crippen molar-refractivity contribution in [3.63, 3.8) is 0 Å². The third kappa shape index (κ3) is 2.51. The van der Waals surface area contributed by atoms with Gasteiger partial charge in [-0.25, -0.2) is 0 Å². The van der Waals surface area contributed by atoms with Crippen LogP contribution < -0.4 is 9.47 Å². The number of rotatable bonds is 4. The maximum absolute atomic E-state index is 10.7. The highest BCUT2D eigenvalue weighted by atomic mass is 16.5. The monoisotopic (exact) mass is 260 g/mol. The fourth-order valence-corrected chi connectivity index (χ4v) is 2.51. The molecular weight excluding hydrogens is 240 g/mol. The zero-order chi connectivity index (χ0) is 13.9. The summed E-state index contributed by atoms with van der Waals surface area (Å²) < 4.78 is 10.7. The molecule has 0 amide bonds. The van der Waals surface area contributed by atoms with Crippen LogP contribution in [-0.4, -0.2) is 24.9 Å². The van der Waals surface area contributed by atoms with E-state index in [1.165, 1.54) is 0 Å². The SMILES string of the molecule is C=CC1(O)CCCC=C1c1cc(OC)ccc1OC. The van der Waals surface area contributed by atoms with Crippen molar-refractivity contribution in [1.29, 1.82) is 0 Å². The Balaban J connectivity index is 2.55. The first-order valence-electron chi connectivity index (χ1n) is 6.43. The Morgan fingerprint density at radius 3 is 2.74 bits per heavy atom. The summed E-state index contributed by atoms with van der Waals surface area (Å²) in [6, 6.07) is 5.59. The molecular formula is C16H20O3. The van der Waals surface area contributed by atoms with Gasteiger partial charge >= 0.3 is 0 Å². The van der Waals surface area contributed by atoms with Crippen LogP contribution in [-0.2, 0) is 0 Å². The van der Waals surface area contributed by atoms with E-state index in [0.29, 0.717) is 6.42 Å². The molecule has 1 atom stereocenters. The van der Waals surface area contributed by atoms with Crippen molar-refractivity contribution in [2.45, 2.75) is 24.9 Å². The second-order valence-electron chi connectivity index (χ2n) is 4.70. The summed E-state index contributed by atoms with van der Waals surface area (Å²) in [7, 11) is 3.25. The largest absolute Gasteiger partial charge is 0.497 e. The van der Waals surface area contributed by atoms with E-state index in [9.17, 15) is 5.11 Å². The highest BCUT2D eigenvalue weighted by Gasteiger charge is 2.32. The van der Waals surface area contributed by atoms with Crippen LogP contribution in [0.2, 0.25) is 0 Å². The van der Waals surface area contributed by atoms with Crippen LogP contribution in [0.25, 0.3) is 5.57 Å². The van der Waals surface area contributed by atoms with Crippen LogP contribution in [0.1, 0.15) is 24.8 Å². The van der Waals surface area contributed by atoms with Gasteiger partial charge in [0.15, 0.2) is 0 Å². The van der Waals surface area contributed by atoms with Gasteiger partial charge in [-0.2, -0.15) is 0 Å². The van der Waals surface area contributed by atoms with Gasteiger partial charge in [-0.1, -0.05) is 18.7 Å². The molecule has 0 aliphatic heterocycles. The first kappa shape index (κ1) is 13.7. The number of aliphatic hydroxyl groups is 1. The Bertz CT molecular complexity index is 505. The Morgan fingerprint density at radius 2 is 2.11 bits per heavy atom. The smallest absolute Gasteiger partial charge is 0.126 e. The van der Waals surface area contributed by atoms with Gasteiger partial charge in [0.25, 0.3) is 0 Å². The molecule has 0 fully saturated rings. The number of hydrogen-bond acceptors (Lipinski definition) is 3. The number of methoxy groups -OCH3 is 2. The van der Waals surface area contributed by atoms with Gasteiger partial charge in [0.05, 0.1) is 14.2 Å². The predicted octanol–water partition coefficient (Wildman–Crippen LogP) is 3.19. The minimum atomic E-state index is -0.988. The van der Waals surface area contributed by atoms with E-state index in [4.69, 9.17) is 9.47 Å². The zero-order valence-corrected chi connectivity index (χ0v) is 11.5. The molecule has 0 aromatic heterocycles. The molecule has 0 radical (unpaired) electrons. The molecule has 2 rings (SSSR count). The molecule has 1 aromatic carbocycles. The number of ether oxygens (including phenoxy) is 2. The summed E-state index contributed by atoms with van der Waals surface area (Å²) in [4.78, 5) is 0. The lowest BCUT2D eigenvalue weighted by atomic mass is 9.79. The average molecular weight is 260 g/mol. The zero-order valence-electron chi connectivity index (χ0n) is 11.5. The van der Waals surface area contributed by atoms with E-state index in [0.717, 1.165) is 35.5 Å². The molecule has 1 aliphatic carbocycles. The summed E-state index contributed by atoms with van der Waals surface area (Å²) >= 11 is 0. The molecule has 102 valence electrons. The van der Waals surface area contributed by atoms with Crippen molar-refractivity contribution >= 4 is 5.57 Å². The number of allylic oxidation sites excluding steroid dienone is 1. The van der Waals surface area contributed by atoms with Crippen LogP contribution >= 0.6 is 0 Å². The first-order valence-corrected chi connectivity index (χ1v) is 6.43. The van der Waals surface area contributed by atoms with Gasteiger partial charge < -0.3 is 14.6 Å². The lowest BCUT2D eigenvalue weighted by Gasteiger charge is -2.32. The molecule has 19 heavy (non-hydrogen) atoms. The van der Waals surface area contributed by atoms with E-state index < -0.39 is 5.60 Å². The van der Waals surface area contributed by atoms with Gasteiger partial charge in [0.1, 0.15) is 17.1 Å². The summed E-state index contributed by atoms with van der Waals surface area (Å²) in [5.41, 5.74) is 0.728. The molecule has 1 aliphatic rings. The van der Waals surface area contributed by atoms with Gasteiger partial charge in [-0.3, -0.25) is 0 Å². The lowest BCUT2D eigenvalue weighted by molar-refractivity contribution is 0.136. The minimum Gasteiger partial charge on any atom is -0.497 e. The quantitative estimate of drug-likeness (QED) is 0.845.